The Labute approximate surface area is 118 Å². The van der Waals surface area contributed by atoms with Gasteiger partial charge in [0.25, 0.3) is 0 Å². The van der Waals surface area contributed by atoms with Gasteiger partial charge in [-0.3, -0.25) is 0 Å². The van der Waals surface area contributed by atoms with Crippen molar-refractivity contribution < 1.29 is 8.42 Å². The molecule has 0 radical (unpaired) electrons. The van der Waals surface area contributed by atoms with Crippen LogP contribution in [0.3, 0.4) is 0 Å². The van der Waals surface area contributed by atoms with Crippen LogP contribution in [0.1, 0.15) is 33.1 Å². The van der Waals surface area contributed by atoms with Crippen LogP contribution in [-0.2, 0) is 10.0 Å². The largest absolute Gasteiger partial charge is 0.316 e. The first-order valence-electron chi connectivity index (χ1n) is 7.40. The van der Waals surface area contributed by atoms with E-state index in [4.69, 9.17) is 0 Å². The molecular formula is C13H29N3O2S. The van der Waals surface area contributed by atoms with Crippen LogP contribution in [0.4, 0.5) is 0 Å². The van der Waals surface area contributed by atoms with Crippen LogP contribution in [0, 0.1) is 0 Å². The maximum atomic E-state index is 12.2. The van der Waals surface area contributed by atoms with E-state index in [2.05, 4.69) is 24.1 Å². The molecule has 19 heavy (non-hydrogen) atoms. The fourth-order valence-electron chi connectivity index (χ4n) is 2.47. The van der Waals surface area contributed by atoms with E-state index in [9.17, 15) is 8.42 Å². The summed E-state index contributed by atoms with van der Waals surface area (Å²) in [7, 11) is -1.37. The second-order valence-electron chi connectivity index (χ2n) is 5.25. The molecule has 1 aliphatic heterocycles. The molecule has 0 saturated carbocycles. The van der Waals surface area contributed by atoms with Gasteiger partial charge in [-0.2, -0.15) is 0 Å². The lowest BCUT2D eigenvalue weighted by molar-refractivity contribution is 0.176. The lowest BCUT2D eigenvalue weighted by atomic mass is 10.1. The van der Waals surface area contributed by atoms with Gasteiger partial charge in [-0.15, -0.1) is 0 Å². The predicted molar refractivity (Wildman–Crippen MR) is 79.8 cm³/mol. The molecular weight excluding hydrogens is 262 g/mol. The van der Waals surface area contributed by atoms with Gasteiger partial charge in [-0.05, 0) is 45.4 Å². The molecule has 1 aliphatic rings. The minimum Gasteiger partial charge on any atom is -0.316 e. The van der Waals surface area contributed by atoms with Gasteiger partial charge in [0.15, 0.2) is 0 Å². The lowest BCUT2D eigenvalue weighted by Gasteiger charge is -2.35. The normalized spacial score (nSPS) is 19.2. The van der Waals surface area contributed by atoms with Gasteiger partial charge in [0, 0.05) is 19.6 Å². The SMILES string of the molecule is CCCNCCS(=O)(=O)N(C)C1CCN(CC)CC1. The fourth-order valence-corrected chi connectivity index (χ4v) is 3.83. The van der Waals surface area contributed by atoms with Crippen molar-refractivity contribution in [3.05, 3.63) is 0 Å². The van der Waals surface area contributed by atoms with Crippen molar-refractivity contribution in [3.8, 4) is 0 Å². The van der Waals surface area contributed by atoms with Crippen LogP contribution < -0.4 is 5.32 Å². The van der Waals surface area contributed by atoms with E-state index in [1.54, 1.807) is 11.4 Å². The van der Waals surface area contributed by atoms with Crippen molar-refractivity contribution >= 4 is 10.0 Å². The Hall–Kier alpha value is -0.170. The Kier molecular flexibility index (Phi) is 7.28. The number of likely N-dealkylation sites (tertiary alicyclic amines) is 1. The molecule has 0 amide bonds. The Morgan fingerprint density at radius 1 is 1.21 bits per heavy atom. The molecule has 0 aromatic rings. The number of piperidine rings is 1. The summed E-state index contributed by atoms with van der Waals surface area (Å²) in [5.74, 6) is 0.206. The molecule has 114 valence electrons. The van der Waals surface area contributed by atoms with Gasteiger partial charge in [-0.1, -0.05) is 13.8 Å². The number of hydrogen-bond donors (Lipinski definition) is 1. The average Bonchev–Trinajstić information content (AvgIpc) is 2.43. The maximum Gasteiger partial charge on any atom is 0.215 e. The van der Waals surface area contributed by atoms with Gasteiger partial charge in [0.2, 0.25) is 10.0 Å². The summed E-state index contributed by atoms with van der Waals surface area (Å²) in [4.78, 5) is 2.37. The fraction of sp³-hybridized carbons (Fsp3) is 1.00. The standard InChI is InChI=1S/C13H29N3O2S/c1-4-8-14-9-12-19(17,18)15(3)13-6-10-16(5-2)11-7-13/h13-14H,4-12H2,1-3H3. The molecule has 1 saturated heterocycles. The van der Waals surface area contributed by atoms with E-state index in [-0.39, 0.29) is 11.8 Å². The quantitative estimate of drug-likeness (QED) is 0.670. The molecule has 0 spiro atoms. The molecule has 1 rings (SSSR count). The summed E-state index contributed by atoms with van der Waals surface area (Å²) in [5, 5.41) is 3.15. The first-order chi connectivity index (χ1) is 9.01. The van der Waals surface area contributed by atoms with E-state index in [1.807, 2.05) is 0 Å². The minimum atomic E-state index is -3.11. The number of sulfonamides is 1. The summed E-state index contributed by atoms with van der Waals surface area (Å²) in [6.45, 7) is 8.74. The first-order valence-corrected chi connectivity index (χ1v) is 9.01. The van der Waals surface area contributed by atoms with Crippen molar-refractivity contribution in [3.63, 3.8) is 0 Å². The van der Waals surface area contributed by atoms with E-state index in [1.165, 1.54) is 0 Å². The molecule has 0 unspecified atom stereocenters. The number of hydrogen-bond acceptors (Lipinski definition) is 4. The Morgan fingerprint density at radius 3 is 2.37 bits per heavy atom. The van der Waals surface area contributed by atoms with E-state index in [0.717, 1.165) is 45.4 Å². The van der Waals surface area contributed by atoms with Crippen LogP contribution in [0.2, 0.25) is 0 Å². The highest BCUT2D eigenvalue weighted by atomic mass is 32.2. The zero-order valence-corrected chi connectivity index (χ0v) is 13.4. The zero-order valence-electron chi connectivity index (χ0n) is 12.6. The smallest absolute Gasteiger partial charge is 0.215 e. The number of nitrogens with zero attached hydrogens (tertiary/aromatic N) is 2. The highest BCUT2D eigenvalue weighted by molar-refractivity contribution is 7.89. The summed E-state index contributed by atoms with van der Waals surface area (Å²) in [6.07, 6.45) is 2.93. The second-order valence-corrected chi connectivity index (χ2v) is 7.40. The third-order valence-electron chi connectivity index (χ3n) is 3.92. The van der Waals surface area contributed by atoms with Gasteiger partial charge in [0.05, 0.1) is 5.75 Å². The van der Waals surface area contributed by atoms with Crippen molar-refractivity contribution in [2.24, 2.45) is 0 Å². The monoisotopic (exact) mass is 291 g/mol. The molecule has 6 heteroatoms. The molecule has 1 N–H and O–H groups in total. The Morgan fingerprint density at radius 2 is 1.84 bits per heavy atom. The number of rotatable bonds is 8. The van der Waals surface area contributed by atoms with Crippen LogP contribution in [-0.4, -0.2) is 69.2 Å². The first kappa shape index (κ1) is 16.9. The molecule has 0 aromatic carbocycles. The summed E-state index contributed by atoms with van der Waals surface area (Å²) >= 11 is 0. The third-order valence-corrected chi connectivity index (χ3v) is 5.82. The van der Waals surface area contributed by atoms with E-state index < -0.39 is 10.0 Å². The maximum absolute atomic E-state index is 12.2. The van der Waals surface area contributed by atoms with Crippen molar-refractivity contribution in [1.29, 1.82) is 0 Å². The van der Waals surface area contributed by atoms with Gasteiger partial charge in [0.1, 0.15) is 0 Å². The molecule has 0 aromatic heterocycles. The average molecular weight is 291 g/mol. The molecule has 5 nitrogen and oxygen atoms in total. The Bertz CT molecular complexity index is 338. The highest BCUT2D eigenvalue weighted by Gasteiger charge is 2.28. The van der Waals surface area contributed by atoms with Crippen molar-refractivity contribution in [1.82, 2.24) is 14.5 Å². The van der Waals surface area contributed by atoms with Gasteiger partial charge in [-0.25, -0.2) is 12.7 Å². The summed E-state index contributed by atoms with van der Waals surface area (Å²) in [5.41, 5.74) is 0. The second kappa shape index (κ2) is 8.19. The Balaban J connectivity index is 2.40. The molecule has 0 atom stereocenters. The van der Waals surface area contributed by atoms with E-state index in [0.29, 0.717) is 6.54 Å². The van der Waals surface area contributed by atoms with Crippen LogP contribution in [0.15, 0.2) is 0 Å². The molecule has 1 heterocycles. The van der Waals surface area contributed by atoms with Crippen molar-refractivity contribution in [2.75, 3.05) is 45.5 Å². The summed E-state index contributed by atoms with van der Waals surface area (Å²) < 4.78 is 26.0. The van der Waals surface area contributed by atoms with Crippen molar-refractivity contribution in [2.45, 2.75) is 39.2 Å². The van der Waals surface area contributed by atoms with Gasteiger partial charge < -0.3 is 10.2 Å². The molecule has 1 fully saturated rings. The van der Waals surface area contributed by atoms with Crippen LogP contribution in [0.25, 0.3) is 0 Å². The van der Waals surface area contributed by atoms with E-state index >= 15 is 0 Å². The molecule has 0 aliphatic carbocycles. The lowest BCUT2D eigenvalue weighted by Crippen LogP contribution is -2.46. The van der Waals surface area contributed by atoms with Gasteiger partial charge >= 0.3 is 0 Å². The third kappa shape index (κ3) is 5.38. The zero-order chi connectivity index (χ0) is 14.3. The predicted octanol–water partition coefficient (Wildman–Crippen LogP) is 0.732. The van der Waals surface area contributed by atoms with Crippen LogP contribution in [0.5, 0.6) is 0 Å². The minimum absolute atomic E-state index is 0.180. The summed E-state index contributed by atoms with van der Waals surface area (Å²) in [6, 6.07) is 0.180. The topological polar surface area (TPSA) is 52.7 Å². The number of nitrogens with one attached hydrogen (secondary N) is 1. The highest BCUT2D eigenvalue weighted by Crippen LogP contribution is 2.17. The van der Waals surface area contributed by atoms with Crippen LogP contribution >= 0.6 is 0 Å². The molecule has 0 bridgehead atoms.